The Balaban J connectivity index is 1.97. The third kappa shape index (κ3) is 3.72. The largest absolute Gasteiger partial charge is 0.299 e. The molecule has 0 bridgehead atoms. The van der Waals surface area contributed by atoms with Crippen LogP contribution in [0, 0.1) is 12.3 Å². The SMILES string of the molecule is Cc1cc(Cl)cc(CN2CCC(C)(C)CC2)c1. The fourth-order valence-corrected chi connectivity index (χ4v) is 2.79. The highest BCUT2D eigenvalue weighted by atomic mass is 35.5. The summed E-state index contributed by atoms with van der Waals surface area (Å²) in [5, 5.41) is 0.859. The van der Waals surface area contributed by atoms with Crippen LogP contribution in [0.5, 0.6) is 0 Å². The van der Waals surface area contributed by atoms with Gasteiger partial charge in [0.1, 0.15) is 0 Å². The van der Waals surface area contributed by atoms with Gasteiger partial charge in [0.25, 0.3) is 0 Å². The molecule has 2 heteroatoms. The summed E-state index contributed by atoms with van der Waals surface area (Å²) in [4.78, 5) is 2.54. The van der Waals surface area contributed by atoms with Crippen LogP contribution < -0.4 is 0 Å². The Morgan fingerprint density at radius 1 is 1.18 bits per heavy atom. The Bertz CT molecular complexity index is 368. The Kier molecular flexibility index (Phi) is 3.79. The van der Waals surface area contributed by atoms with Crippen LogP contribution in [-0.2, 0) is 6.54 Å². The van der Waals surface area contributed by atoms with E-state index in [-0.39, 0.29) is 0 Å². The second kappa shape index (κ2) is 4.99. The number of hydrogen-bond donors (Lipinski definition) is 0. The third-order valence-electron chi connectivity index (χ3n) is 3.72. The molecule has 1 nitrogen and oxygen atoms in total. The number of halogens is 1. The lowest BCUT2D eigenvalue weighted by atomic mass is 9.82. The number of piperidine rings is 1. The Morgan fingerprint density at radius 2 is 1.82 bits per heavy atom. The standard InChI is InChI=1S/C15H22ClN/c1-12-8-13(10-14(16)9-12)11-17-6-4-15(2,3)5-7-17/h8-10H,4-7,11H2,1-3H3. The first-order chi connectivity index (χ1) is 7.94. The number of hydrogen-bond acceptors (Lipinski definition) is 1. The monoisotopic (exact) mass is 251 g/mol. The van der Waals surface area contributed by atoms with Crippen molar-refractivity contribution in [2.75, 3.05) is 13.1 Å². The van der Waals surface area contributed by atoms with Crippen LogP contribution in [0.25, 0.3) is 0 Å². The van der Waals surface area contributed by atoms with E-state index in [0.29, 0.717) is 5.41 Å². The van der Waals surface area contributed by atoms with E-state index in [1.54, 1.807) is 0 Å². The molecule has 1 aliphatic rings. The van der Waals surface area contributed by atoms with Crippen molar-refractivity contribution < 1.29 is 0 Å². The summed E-state index contributed by atoms with van der Waals surface area (Å²) in [7, 11) is 0. The number of nitrogens with zero attached hydrogens (tertiary/aromatic N) is 1. The van der Waals surface area contributed by atoms with Crippen molar-refractivity contribution in [1.82, 2.24) is 4.90 Å². The van der Waals surface area contributed by atoms with Gasteiger partial charge < -0.3 is 0 Å². The molecular formula is C15H22ClN. The molecule has 17 heavy (non-hydrogen) atoms. The summed E-state index contributed by atoms with van der Waals surface area (Å²) in [5.41, 5.74) is 3.13. The average Bonchev–Trinajstić information content (AvgIpc) is 2.20. The van der Waals surface area contributed by atoms with Crippen LogP contribution in [0.3, 0.4) is 0 Å². The summed E-state index contributed by atoms with van der Waals surface area (Å²) >= 11 is 6.09. The van der Waals surface area contributed by atoms with Gasteiger partial charge in [-0.1, -0.05) is 31.5 Å². The van der Waals surface area contributed by atoms with Crippen LogP contribution in [0.1, 0.15) is 37.8 Å². The normalized spacial score (nSPS) is 20.5. The smallest absolute Gasteiger partial charge is 0.0411 e. The van der Waals surface area contributed by atoms with Crippen molar-refractivity contribution >= 4 is 11.6 Å². The maximum absolute atomic E-state index is 6.09. The lowest BCUT2D eigenvalue weighted by molar-refractivity contribution is 0.127. The Labute approximate surface area is 110 Å². The highest BCUT2D eigenvalue weighted by molar-refractivity contribution is 6.30. The van der Waals surface area contributed by atoms with Crippen molar-refractivity contribution in [3.63, 3.8) is 0 Å². The third-order valence-corrected chi connectivity index (χ3v) is 3.94. The molecule has 0 atom stereocenters. The van der Waals surface area contributed by atoms with Gasteiger partial charge in [-0.3, -0.25) is 4.90 Å². The molecule has 0 aromatic heterocycles. The van der Waals surface area contributed by atoms with E-state index in [1.807, 2.05) is 6.07 Å². The van der Waals surface area contributed by atoms with Crippen LogP contribution in [-0.4, -0.2) is 18.0 Å². The van der Waals surface area contributed by atoms with Crippen LogP contribution in [0.15, 0.2) is 18.2 Å². The summed E-state index contributed by atoms with van der Waals surface area (Å²) in [5.74, 6) is 0. The summed E-state index contributed by atoms with van der Waals surface area (Å²) < 4.78 is 0. The number of likely N-dealkylation sites (tertiary alicyclic amines) is 1. The number of aryl methyl sites for hydroxylation is 1. The molecule has 1 saturated heterocycles. The molecule has 0 saturated carbocycles. The first-order valence-corrected chi connectivity index (χ1v) is 6.81. The first-order valence-electron chi connectivity index (χ1n) is 6.43. The van der Waals surface area contributed by atoms with Gasteiger partial charge in [-0.25, -0.2) is 0 Å². The predicted molar refractivity (Wildman–Crippen MR) is 74.5 cm³/mol. The highest BCUT2D eigenvalue weighted by Crippen LogP contribution is 2.30. The van der Waals surface area contributed by atoms with Gasteiger partial charge in [-0.05, 0) is 61.5 Å². The molecule has 94 valence electrons. The molecular weight excluding hydrogens is 230 g/mol. The van der Waals surface area contributed by atoms with Crippen molar-refractivity contribution in [2.24, 2.45) is 5.41 Å². The van der Waals surface area contributed by atoms with E-state index in [2.05, 4.69) is 37.8 Å². The number of benzene rings is 1. The fraction of sp³-hybridized carbons (Fsp3) is 0.600. The average molecular weight is 252 g/mol. The zero-order valence-corrected chi connectivity index (χ0v) is 11.8. The van der Waals surface area contributed by atoms with Crippen LogP contribution in [0.2, 0.25) is 5.02 Å². The molecule has 2 rings (SSSR count). The van der Waals surface area contributed by atoms with Gasteiger partial charge in [0.05, 0.1) is 0 Å². The molecule has 0 aliphatic carbocycles. The van der Waals surface area contributed by atoms with Gasteiger partial charge in [0, 0.05) is 11.6 Å². The molecule has 1 fully saturated rings. The zero-order valence-electron chi connectivity index (χ0n) is 11.1. The van der Waals surface area contributed by atoms with Crippen molar-refractivity contribution in [1.29, 1.82) is 0 Å². The van der Waals surface area contributed by atoms with Gasteiger partial charge >= 0.3 is 0 Å². The molecule has 1 aliphatic heterocycles. The number of rotatable bonds is 2. The molecule has 1 aromatic carbocycles. The Morgan fingerprint density at radius 3 is 2.41 bits per heavy atom. The van der Waals surface area contributed by atoms with E-state index in [1.165, 1.54) is 37.1 Å². The lowest BCUT2D eigenvalue weighted by Gasteiger charge is -2.37. The minimum Gasteiger partial charge on any atom is -0.299 e. The minimum atomic E-state index is 0.529. The second-order valence-electron chi connectivity index (χ2n) is 6.08. The van der Waals surface area contributed by atoms with Gasteiger partial charge in [-0.2, -0.15) is 0 Å². The summed E-state index contributed by atoms with van der Waals surface area (Å²) in [6.45, 7) is 10.3. The van der Waals surface area contributed by atoms with Crippen molar-refractivity contribution in [3.05, 3.63) is 34.3 Å². The lowest BCUT2D eigenvalue weighted by Crippen LogP contribution is -2.36. The topological polar surface area (TPSA) is 3.24 Å². The van der Waals surface area contributed by atoms with E-state index < -0.39 is 0 Å². The van der Waals surface area contributed by atoms with E-state index in [9.17, 15) is 0 Å². The predicted octanol–water partition coefficient (Wildman–Crippen LogP) is 4.27. The molecule has 1 aromatic rings. The molecule has 0 N–H and O–H groups in total. The van der Waals surface area contributed by atoms with Gasteiger partial charge in [-0.15, -0.1) is 0 Å². The van der Waals surface area contributed by atoms with E-state index in [4.69, 9.17) is 11.6 Å². The second-order valence-corrected chi connectivity index (χ2v) is 6.51. The fourth-order valence-electron chi connectivity index (χ4n) is 2.48. The Hall–Kier alpha value is -0.530. The first kappa shape index (κ1) is 12.9. The molecule has 0 unspecified atom stereocenters. The maximum atomic E-state index is 6.09. The van der Waals surface area contributed by atoms with Crippen molar-refractivity contribution in [3.8, 4) is 0 Å². The van der Waals surface area contributed by atoms with Crippen molar-refractivity contribution in [2.45, 2.75) is 40.2 Å². The van der Waals surface area contributed by atoms with E-state index >= 15 is 0 Å². The van der Waals surface area contributed by atoms with Crippen LogP contribution >= 0.6 is 11.6 Å². The maximum Gasteiger partial charge on any atom is 0.0411 e. The van der Waals surface area contributed by atoms with Gasteiger partial charge in [0.15, 0.2) is 0 Å². The molecule has 0 amide bonds. The van der Waals surface area contributed by atoms with Gasteiger partial charge in [0.2, 0.25) is 0 Å². The van der Waals surface area contributed by atoms with E-state index in [0.717, 1.165) is 11.6 Å². The van der Waals surface area contributed by atoms with Crippen LogP contribution in [0.4, 0.5) is 0 Å². The zero-order chi connectivity index (χ0) is 12.5. The molecule has 1 heterocycles. The minimum absolute atomic E-state index is 0.529. The highest BCUT2D eigenvalue weighted by Gasteiger charge is 2.25. The molecule has 0 radical (unpaired) electrons. The quantitative estimate of drug-likeness (QED) is 0.759. The molecule has 0 spiro atoms. The summed E-state index contributed by atoms with van der Waals surface area (Å²) in [6.07, 6.45) is 2.60. The summed E-state index contributed by atoms with van der Waals surface area (Å²) in [6, 6.07) is 6.35.